The van der Waals surface area contributed by atoms with Crippen molar-refractivity contribution in [1.29, 1.82) is 0 Å². The molecule has 1 aliphatic rings. The molecule has 0 amide bonds. The number of aryl methyl sites for hydroxylation is 1. The van der Waals surface area contributed by atoms with E-state index in [0.717, 1.165) is 36.6 Å². The number of anilines is 1. The Bertz CT molecular complexity index is 354. The fourth-order valence-corrected chi connectivity index (χ4v) is 2.13. The molecular formula is C13H23N3. The topological polar surface area (TPSA) is 29.9 Å². The third kappa shape index (κ3) is 2.77. The molecule has 3 heteroatoms. The van der Waals surface area contributed by atoms with E-state index in [4.69, 9.17) is 0 Å². The molecule has 0 saturated heterocycles. The molecule has 90 valence electrons. The Labute approximate surface area is 98.3 Å². The summed E-state index contributed by atoms with van der Waals surface area (Å²) in [6.07, 6.45) is 3.51. The number of hydrogen-bond acceptors (Lipinski definition) is 2. The van der Waals surface area contributed by atoms with Gasteiger partial charge in [-0.15, -0.1) is 0 Å². The molecule has 2 unspecified atom stereocenters. The van der Waals surface area contributed by atoms with Gasteiger partial charge in [0.05, 0.1) is 5.69 Å². The van der Waals surface area contributed by atoms with Crippen LogP contribution in [0.4, 0.5) is 5.95 Å². The Kier molecular flexibility index (Phi) is 3.22. The number of rotatable bonds is 5. The van der Waals surface area contributed by atoms with Gasteiger partial charge < -0.3 is 9.88 Å². The van der Waals surface area contributed by atoms with Gasteiger partial charge in [0.25, 0.3) is 0 Å². The zero-order valence-corrected chi connectivity index (χ0v) is 10.8. The minimum atomic E-state index is 0.661. The number of hydrogen-bond donors (Lipinski definition) is 1. The third-order valence-electron chi connectivity index (χ3n) is 3.26. The highest BCUT2D eigenvalue weighted by Crippen LogP contribution is 2.37. The van der Waals surface area contributed by atoms with Crippen LogP contribution in [-0.4, -0.2) is 16.1 Å². The molecule has 1 aromatic heterocycles. The molecule has 2 atom stereocenters. The highest BCUT2D eigenvalue weighted by atomic mass is 15.2. The Balaban J connectivity index is 1.95. The van der Waals surface area contributed by atoms with Crippen LogP contribution in [0, 0.1) is 24.7 Å². The Morgan fingerprint density at radius 2 is 2.25 bits per heavy atom. The van der Waals surface area contributed by atoms with E-state index in [1.165, 1.54) is 6.42 Å². The summed E-state index contributed by atoms with van der Waals surface area (Å²) in [5.41, 5.74) is 1.10. The van der Waals surface area contributed by atoms with Crippen molar-refractivity contribution < 1.29 is 0 Å². The molecule has 1 heterocycles. The van der Waals surface area contributed by atoms with Crippen molar-refractivity contribution in [3.63, 3.8) is 0 Å². The molecule has 0 bridgehead atoms. The van der Waals surface area contributed by atoms with E-state index in [1.807, 2.05) is 0 Å². The van der Waals surface area contributed by atoms with Gasteiger partial charge in [-0.25, -0.2) is 4.98 Å². The van der Waals surface area contributed by atoms with E-state index in [-0.39, 0.29) is 0 Å². The summed E-state index contributed by atoms with van der Waals surface area (Å²) in [6.45, 7) is 11.0. The summed E-state index contributed by atoms with van der Waals surface area (Å²) in [5, 5.41) is 3.48. The molecule has 3 nitrogen and oxygen atoms in total. The van der Waals surface area contributed by atoms with E-state index in [0.29, 0.717) is 5.92 Å². The molecule has 1 N–H and O–H groups in total. The van der Waals surface area contributed by atoms with Gasteiger partial charge >= 0.3 is 0 Å². The summed E-state index contributed by atoms with van der Waals surface area (Å²) in [6, 6.07) is 0. The first-order valence-electron chi connectivity index (χ1n) is 6.34. The van der Waals surface area contributed by atoms with E-state index >= 15 is 0 Å². The number of nitrogens with zero attached hydrogens (tertiary/aromatic N) is 2. The van der Waals surface area contributed by atoms with Crippen LogP contribution in [0.5, 0.6) is 0 Å². The van der Waals surface area contributed by atoms with Gasteiger partial charge in [-0.2, -0.15) is 0 Å². The van der Waals surface area contributed by atoms with E-state index in [2.05, 4.69) is 48.8 Å². The van der Waals surface area contributed by atoms with Crippen molar-refractivity contribution in [3.05, 3.63) is 11.9 Å². The predicted molar refractivity (Wildman–Crippen MR) is 67.6 cm³/mol. The molecular weight excluding hydrogens is 198 g/mol. The molecule has 1 aliphatic carbocycles. The highest BCUT2D eigenvalue weighted by Gasteiger charge is 2.32. The quantitative estimate of drug-likeness (QED) is 0.828. The molecule has 1 aromatic rings. The normalized spacial score (nSPS) is 23.8. The van der Waals surface area contributed by atoms with Crippen LogP contribution in [-0.2, 0) is 6.54 Å². The highest BCUT2D eigenvalue weighted by molar-refractivity contribution is 5.29. The summed E-state index contributed by atoms with van der Waals surface area (Å²) in [4.78, 5) is 4.54. The average molecular weight is 221 g/mol. The second-order valence-electron chi connectivity index (χ2n) is 5.61. The van der Waals surface area contributed by atoms with Crippen molar-refractivity contribution in [2.45, 2.75) is 40.7 Å². The van der Waals surface area contributed by atoms with Gasteiger partial charge in [0.15, 0.2) is 0 Å². The van der Waals surface area contributed by atoms with Gasteiger partial charge in [-0.1, -0.05) is 20.8 Å². The Hall–Kier alpha value is -0.990. The number of imidazole rings is 1. The maximum atomic E-state index is 4.54. The molecule has 0 aromatic carbocycles. The lowest BCUT2D eigenvalue weighted by Crippen LogP contribution is -2.12. The van der Waals surface area contributed by atoms with Crippen molar-refractivity contribution in [2.75, 3.05) is 11.9 Å². The lowest BCUT2D eigenvalue weighted by molar-refractivity contribution is 0.525. The van der Waals surface area contributed by atoms with Crippen molar-refractivity contribution in [3.8, 4) is 0 Å². The molecule has 0 aliphatic heterocycles. The largest absolute Gasteiger partial charge is 0.355 e. The van der Waals surface area contributed by atoms with E-state index < -0.39 is 0 Å². The molecule has 1 saturated carbocycles. The molecule has 1 fully saturated rings. The van der Waals surface area contributed by atoms with Gasteiger partial charge in [-0.05, 0) is 31.1 Å². The minimum Gasteiger partial charge on any atom is -0.355 e. The van der Waals surface area contributed by atoms with Gasteiger partial charge in [0.1, 0.15) is 0 Å². The number of nitrogens with one attached hydrogen (secondary N) is 1. The molecule has 2 rings (SSSR count). The lowest BCUT2D eigenvalue weighted by atomic mass is 10.2. The summed E-state index contributed by atoms with van der Waals surface area (Å²) in [5.74, 6) is 3.48. The first-order valence-corrected chi connectivity index (χ1v) is 6.34. The SMILES string of the molecule is Cc1cn(CC(C)C)c(NCC2CC2C)n1. The van der Waals surface area contributed by atoms with Gasteiger partial charge in [0.2, 0.25) is 5.95 Å². The monoisotopic (exact) mass is 221 g/mol. The molecule has 16 heavy (non-hydrogen) atoms. The maximum Gasteiger partial charge on any atom is 0.203 e. The van der Waals surface area contributed by atoms with Crippen LogP contribution in [0.15, 0.2) is 6.20 Å². The van der Waals surface area contributed by atoms with Crippen LogP contribution in [0.25, 0.3) is 0 Å². The van der Waals surface area contributed by atoms with Crippen LogP contribution in [0.1, 0.15) is 32.9 Å². The summed E-state index contributed by atoms with van der Waals surface area (Å²) < 4.78 is 2.24. The summed E-state index contributed by atoms with van der Waals surface area (Å²) in [7, 11) is 0. The van der Waals surface area contributed by atoms with Crippen molar-refractivity contribution in [1.82, 2.24) is 9.55 Å². The second kappa shape index (κ2) is 4.48. The number of aromatic nitrogens is 2. The fourth-order valence-electron chi connectivity index (χ4n) is 2.13. The van der Waals surface area contributed by atoms with Crippen molar-refractivity contribution >= 4 is 5.95 Å². The van der Waals surface area contributed by atoms with E-state index in [1.54, 1.807) is 0 Å². The molecule has 0 radical (unpaired) electrons. The van der Waals surface area contributed by atoms with Crippen LogP contribution < -0.4 is 5.32 Å². The molecule has 0 spiro atoms. The van der Waals surface area contributed by atoms with Crippen LogP contribution in [0.3, 0.4) is 0 Å². The van der Waals surface area contributed by atoms with Crippen LogP contribution in [0.2, 0.25) is 0 Å². The smallest absolute Gasteiger partial charge is 0.203 e. The first kappa shape index (κ1) is 11.5. The Morgan fingerprint density at radius 3 is 2.81 bits per heavy atom. The average Bonchev–Trinajstić information content (AvgIpc) is 2.76. The second-order valence-corrected chi connectivity index (χ2v) is 5.61. The van der Waals surface area contributed by atoms with Gasteiger partial charge in [-0.3, -0.25) is 0 Å². The Morgan fingerprint density at radius 1 is 1.56 bits per heavy atom. The maximum absolute atomic E-state index is 4.54. The summed E-state index contributed by atoms with van der Waals surface area (Å²) >= 11 is 0. The lowest BCUT2D eigenvalue weighted by Gasteiger charge is -2.11. The minimum absolute atomic E-state index is 0.661. The standard InChI is InChI=1S/C13H23N3/c1-9(2)7-16-8-11(4)15-13(16)14-6-12-5-10(12)3/h8-10,12H,5-7H2,1-4H3,(H,14,15). The zero-order chi connectivity index (χ0) is 11.7. The fraction of sp³-hybridized carbons (Fsp3) is 0.769. The zero-order valence-electron chi connectivity index (χ0n) is 10.8. The third-order valence-corrected chi connectivity index (χ3v) is 3.26. The van der Waals surface area contributed by atoms with Crippen molar-refractivity contribution in [2.24, 2.45) is 17.8 Å². The van der Waals surface area contributed by atoms with Crippen LogP contribution >= 0.6 is 0 Å². The van der Waals surface area contributed by atoms with E-state index in [9.17, 15) is 0 Å². The predicted octanol–water partition coefficient (Wildman–Crippen LogP) is 2.92. The van der Waals surface area contributed by atoms with Gasteiger partial charge in [0, 0.05) is 19.3 Å². The first-order chi connectivity index (χ1) is 7.56.